The SMILES string of the molecule is O=C1NC2C(CCCC2C2CCCCC2)C(=O)N1O. The molecule has 3 atom stereocenters. The van der Waals surface area contributed by atoms with E-state index in [1.165, 1.54) is 32.1 Å². The number of amides is 3. The summed E-state index contributed by atoms with van der Waals surface area (Å²) in [5.41, 5.74) is 0. The number of rotatable bonds is 1. The third-order valence-electron chi connectivity index (χ3n) is 5.21. The number of hydrogen-bond acceptors (Lipinski definition) is 3. The summed E-state index contributed by atoms with van der Waals surface area (Å²) in [7, 11) is 0. The zero-order chi connectivity index (χ0) is 13.4. The number of hydrogen-bond donors (Lipinski definition) is 2. The summed E-state index contributed by atoms with van der Waals surface area (Å²) in [6.07, 6.45) is 9.21. The third-order valence-corrected chi connectivity index (χ3v) is 5.21. The second-order valence-electron chi connectivity index (χ2n) is 6.22. The Morgan fingerprint density at radius 2 is 1.74 bits per heavy atom. The van der Waals surface area contributed by atoms with Gasteiger partial charge in [-0.2, -0.15) is 0 Å². The highest BCUT2D eigenvalue weighted by atomic mass is 16.5. The van der Waals surface area contributed by atoms with E-state index in [0.29, 0.717) is 11.8 Å². The number of carbonyl (C=O) groups excluding carboxylic acids is 2. The van der Waals surface area contributed by atoms with Crippen molar-refractivity contribution in [1.29, 1.82) is 0 Å². The van der Waals surface area contributed by atoms with Crippen molar-refractivity contribution in [2.24, 2.45) is 17.8 Å². The lowest BCUT2D eigenvalue weighted by atomic mass is 9.66. The summed E-state index contributed by atoms with van der Waals surface area (Å²) in [5.74, 6) is 0.429. The first kappa shape index (κ1) is 12.9. The van der Waals surface area contributed by atoms with E-state index in [-0.39, 0.29) is 17.0 Å². The summed E-state index contributed by atoms with van der Waals surface area (Å²) in [6.45, 7) is 0. The van der Waals surface area contributed by atoms with Gasteiger partial charge in [-0.15, -0.1) is 5.06 Å². The molecule has 1 heterocycles. The Morgan fingerprint density at radius 1 is 1.00 bits per heavy atom. The fraction of sp³-hybridized carbons (Fsp3) is 0.857. The molecule has 1 aliphatic heterocycles. The van der Waals surface area contributed by atoms with Crippen molar-refractivity contribution in [3.8, 4) is 0 Å². The fourth-order valence-electron chi connectivity index (χ4n) is 4.27. The number of carbonyl (C=O) groups is 2. The lowest BCUT2D eigenvalue weighted by molar-refractivity contribution is -0.165. The predicted octanol–water partition coefficient (Wildman–Crippen LogP) is 2.29. The molecule has 1 saturated heterocycles. The van der Waals surface area contributed by atoms with Gasteiger partial charge in [0, 0.05) is 6.04 Å². The first-order valence-corrected chi connectivity index (χ1v) is 7.52. The zero-order valence-corrected chi connectivity index (χ0v) is 11.2. The van der Waals surface area contributed by atoms with Crippen molar-refractivity contribution in [2.75, 3.05) is 0 Å². The highest BCUT2D eigenvalue weighted by molar-refractivity contribution is 5.97. The second-order valence-corrected chi connectivity index (χ2v) is 6.22. The molecule has 3 fully saturated rings. The topological polar surface area (TPSA) is 69.6 Å². The first-order valence-electron chi connectivity index (χ1n) is 7.52. The summed E-state index contributed by atoms with van der Waals surface area (Å²) in [5, 5.41) is 12.6. The van der Waals surface area contributed by atoms with Crippen LogP contribution in [0.2, 0.25) is 0 Å². The fourth-order valence-corrected chi connectivity index (χ4v) is 4.27. The summed E-state index contributed by atoms with van der Waals surface area (Å²) in [6, 6.07) is -0.700. The van der Waals surface area contributed by atoms with Crippen molar-refractivity contribution in [3.63, 3.8) is 0 Å². The molecule has 5 nitrogen and oxygen atoms in total. The predicted molar refractivity (Wildman–Crippen MR) is 68.4 cm³/mol. The van der Waals surface area contributed by atoms with Crippen LogP contribution in [0.4, 0.5) is 4.79 Å². The van der Waals surface area contributed by atoms with Gasteiger partial charge in [-0.3, -0.25) is 10.0 Å². The molecule has 0 radical (unpaired) electrons. The van der Waals surface area contributed by atoms with E-state index in [2.05, 4.69) is 5.32 Å². The Labute approximate surface area is 113 Å². The van der Waals surface area contributed by atoms with E-state index in [1.54, 1.807) is 0 Å². The number of imide groups is 1. The average molecular weight is 266 g/mol. The van der Waals surface area contributed by atoms with Gasteiger partial charge in [-0.25, -0.2) is 4.79 Å². The van der Waals surface area contributed by atoms with Gasteiger partial charge in [-0.1, -0.05) is 38.5 Å². The Balaban J connectivity index is 1.78. The molecular formula is C14H22N2O3. The minimum Gasteiger partial charge on any atom is -0.332 e. The maximum atomic E-state index is 12.0. The van der Waals surface area contributed by atoms with Gasteiger partial charge < -0.3 is 5.32 Å². The Kier molecular flexibility index (Phi) is 3.48. The van der Waals surface area contributed by atoms with Crippen molar-refractivity contribution in [3.05, 3.63) is 0 Å². The summed E-state index contributed by atoms with van der Waals surface area (Å²) < 4.78 is 0. The van der Waals surface area contributed by atoms with Crippen LogP contribution in [0.25, 0.3) is 0 Å². The van der Waals surface area contributed by atoms with Crippen molar-refractivity contribution < 1.29 is 14.8 Å². The van der Waals surface area contributed by atoms with Crippen molar-refractivity contribution in [1.82, 2.24) is 10.4 Å². The average Bonchev–Trinajstić information content (AvgIpc) is 2.45. The number of nitrogens with zero attached hydrogens (tertiary/aromatic N) is 1. The van der Waals surface area contributed by atoms with Crippen LogP contribution < -0.4 is 5.32 Å². The van der Waals surface area contributed by atoms with Gasteiger partial charge in [0.1, 0.15) is 0 Å². The Hall–Kier alpha value is -1.10. The largest absolute Gasteiger partial charge is 0.348 e. The highest BCUT2D eigenvalue weighted by Gasteiger charge is 2.47. The van der Waals surface area contributed by atoms with Gasteiger partial charge in [0.25, 0.3) is 5.91 Å². The molecule has 3 unspecified atom stereocenters. The standard InChI is InChI=1S/C14H22N2O3/c17-13-11-8-4-7-10(9-5-2-1-3-6-9)12(11)15-14(18)16(13)19/h9-12,19H,1-8H2,(H,15,18). The number of urea groups is 1. The maximum Gasteiger partial charge on any atom is 0.348 e. The van der Waals surface area contributed by atoms with Gasteiger partial charge in [0.2, 0.25) is 0 Å². The monoisotopic (exact) mass is 266 g/mol. The molecule has 0 aromatic heterocycles. The van der Waals surface area contributed by atoms with Gasteiger partial charge in [-0.05, 0) is 24.7 Å². The molecule has 2 saturated carbocycles. The zero-order valence-electron chi connectivity index (χ0n) is 11.2. The van der Waals surface area contributed by atoms with Gasteiger partial charge in [0.15, 0.2) is 0 Å². The quantitative estimate of drug-likeness (QED) is 0.715. The highest BCUT2D eigenvalue weighted by Crippen LogP contribution is 2.41. The van der Waals surface area contributed by atoms with E-state index in [1.807, 2.05) is 0 Å². The van der Waals surface area contributed by atoms with E-state index < -0.39 is 11.9 Å². The van der Waals surface area contributed by atoms with Crippen LogP contribution in [-0.2, 0) is 4.79 Å². The number of nitrogens with one attached hydrogen (secondary N) is 1. The Bertz CT molecular complexity index is 379. The molecule has 106 valence electrons. The van der Waals surface area contributed by atoms with E-state index in [0.717, 1.165) is 19.3 Å². The molecule has 0 bridgehead atoms. The van der Waals surface area contributed by atoms with Crippen LogP contribution in [0.15, 0.2) is 0 Å². The lowest BCUT2D eigenvalue weighted by Gasteiger charge is -2.45. The smallest absolute Gasteiger partial charge is 0.332 e. The molecule has 3 amide bonds. The van der Waals surface area contributed by atoms with Crippen molar-refractivity contribution >= 4 is 11.9 Å². The van der Waals surface area contributed by atoms with Crippen LogP contribution in [0, 0.1) is 17.8 Å². The molecule has 5 heteroatoms. The van der Waals surface area contributed by atoms with Crippen LogP contribution in [0.5, 0.6) is 0 Å². The van der Waals surface area contributed by atoms with Crippen LogP contribution in [0.1, 0.15) is 51.4 Å². The minimum absolute atomic E-state index is 0.0553. The van der Waals surface area contributed by atoms with E-state index >= 15 is 0 Å². The van der Waals surface area contributed by atoms with Gasteiger partial charge >= 0.3 is 6.03 Å². The summed E-state index contributed by atoms with van der Waals surface area (Å²) in [4.78, 5) is 23.6. The van der Waals surface area contributed by atoms with E-state index in [9.17, 15) is 14.8 Å². The molecule has 0 aromatic carbocycles. The number of hydroxylamine groups is 2. The molecule has 0 spiro atoms. The maximum absolute atomic E-state index is 12.0. The lowest BCUT2D eigenvalue weighted by Crippen LogP contribution is -2.63. The molecule has 2 aliphatic carbocycles. The molecule has 19 heavy (non-hydrogen) atoms. The van der Waals surface area contributed by atoms with E-state index in [4.69, 9.17) is 0 Å². The van der Waals surface area contributed by atoms with Crippen LogP contribution in [-0.4, -0.2) is 28.3 Å². The molecule has 0 aromatic rings. The molecule has 3 aliphatic rings. The summed E-state index contributed by atoms with van der Waals surface area (Å²) >= 11 is 0. The number of fused-ring (bicyclic) bond motifs is 1. The molecule has 3 rings (SSSR count). The minimum atomic E-state index is -0.644. The van der Waals surface area contributed by atoms with Gasteiger partial charge in [0.05, 0.1) is 5.92 Å². The molecular weight excluding hydrogens is 244 g/mol. The first-order chi connectivity index (χ1) is 9.18. The molecule has 2 N–H and O–H groups in total. The van der Waals surface area contributed by atoms with Crippen LogP contribution in [0.3, 0.4) is 0 Å². The third kappa shape index (κ3) is 2.24. The second kappa shape index (κ2) is 5.12. The van der Waals surface area contributed by atoms with Crippen molar-refractivity contribution in [2.45, 2.75) is 57.4 Å². The van der Waals surface area contributed by atoms with Crippen LogP contribution >= 0.6 is 0 Å². The Morgan fingerprint density at radius 3 is 2.47 bits per heavy atom. The normalized spacial score (nSPS) is 36.9.